The van der Waals surface area contributed by atoms with Crippen molar-refractivity contribution in [1.29, 1.82) is 0 Å². The van der Waals surface area contributed by atoms with Crippen LogP contribution in [-0.2, 0) is 13.0 Å². The fourth-order valence-corrected chi connectivity index (χ4v) is 1.89. The van der Waals surface area contributed by atoms with Crippen molar-refractivity contribution in [3.8, 4) is 6.01 Å². The Bertz CT molecular complexity index is 412. The molecule has 1 aliphatic heterocycles. The number of aromatic nitrogens is 2. The van der Waals surface area contributed by atoms with Crippen molar-refractivity contribution in [1.82, 2.24) is 15.3 Å². The molecule has 2 N–H and O–H groups in total. The summed E-state index contributed by atoms with van der Waals surface area (Å²) in [7, 11) is 1.60. The van der Waals surface area contributed by atoms with Gasteiger partial charge in [-0.25, -0.2) is 0 Å². The van der Waals surface area contributed by atoms with E-state index < -0.39 is 0 Å². The number of nitrogens with one attached hydrogen (secondary N) is 2. The molecule has 0 radical (unpaired) electrons. The molecule has 2 heterocycles. The molecule has 5 heteroatoms. The molecule has 17 heavy (non-hydrogen) atoms. The zero-order chi connectivity index (χ0) is 12.5. The average molecular weight is 236 g/mol. The molecule has 0 fully saturated rings. The number of nitrogens with zero attached hydrogens (tertiary/aromatic N) is 2. The summed E-state index contributed by atoms with van der Waals surface area (Å²) < 4.78 is 5.15. The van der Waals surface area contributed by atoms with Crippen LogP contribution in [0.1, 0.15) is 32.0 Å². The van der Waals surface area contributed by atoms with Gasteiger partial charge in [-0.05, 0) is 33.7 Å². The van der Waals surface area contributed by atoms with E-state index >= 15 is 0 Å². The van der Waals surface area contributed by atoms with Crippen LogP contribution in [0.3, 0.4) is 0 Å². The molecule has 0 bridgehead atoms. The molecule has 2 rings (SSSR count). The third-order valence-corrected chi connectivity index (χ3v) is 2.59. The first-order chi connectivity index (χ1) is 7.99. The summed E-state index contributed by atoms with van der Waals surface area (Å²) in [4.78, 5) is 8.80. The Morgan fingerprint density at radius 2 is 2.06 bits per heavy atom. The molecule has 0 aromatic carbocycles. The van der Waals surface area contributed by atoms with Crippen LogP contribution in [0.2, 0.25) is 0 Å². The first-order valence-corrected chi connectivity index (χ1v) is 5.92. The minimum absolute atomic E-state index is 0.0159. The number of anilines is 1. The van der Waals surface area contributed by atoms with Gasteiger partial charge in [0.25, 0.3) is 0 Å². The monoisotopic (exact) mass is 236 g/mol. The van der Waals surface area contributed by atoms with Crippen molar-refractivity contribution in [2.75, 3.05) is 19.0 Å². The van der Waals surface area contributed by atoms with Gasteiger partial charge in [0.15, 0.2) is 0 Å². The highest BCUT2D eigenvalue weighted by Gasteiger charge is 2.20. The summed E-state index contributed by atoms with van der Waals surface area (Å²) in [6.07, 6.45) is 0.956. The molecule has 0 amide bonds. The molecule has 0 unspecified atom stereocenters. The third kappa shape index (κ3) is 2.85. The van der Waals surface area contributed by atoms with Crippen molar-refractivity contribution < 1.29 is 4.74 Å². The summed E-state index contributed by atoms with van der Waals surface area (Å²) in [6.45, 7) is 8.12. The number of ether oxygens (including phenoxy) is 1. The maximum atomic E-state index is 5.15. The zero-order valence-electron chi connectivity index (χ0n) is 10.9. The van der Waals surface area contributed by atoms with E-state index in [9.17, 15) is 0 Å². The minimum atomic E-state index is -0.0159. The third-order valence-electron chi connectivity index (χ3n) is 2.59. The molecule has 94 valence electrons. The highest BCUT2D eigenvalue weighted by atomic mass is 16.5. The fourth-order valence-electron chi connectivity index (χ4n) is 1.89. The Labute approximate surface area is 102 Å². The van der Waals surface area contributed by atoms with E-state index in [-0.39, 0.29) is 5.54 Å². The molecule has 0 saturated heterocycles. The van der Waals surface area contributed by atoms with Gasteiger partial charge >= 0.3 is 6.01 Å². The maximum absolute atomic E-state index is 5.15. The number of methoxy groups -OCH3 is 1. The lowest BCUT2D eigenvalue weighted by Crippen LogP contribution is -2.31. The Hall–Kier alpha value is -1.36. The number of rotatable bonds is 2. The lowest BCUT2D eigenvalue weighted by atomic mass is 10.0. The summed E-state index contributed by atoms with van der Waals surface area (Å²) in [5, 5.41) is 6.73. The van der Waals surface area contributed by atoms with Crippen LogP contribution < -0.4 is 15.4 Å². The van der Waals surface area contributed by atoms with E-state index in [2.05, 4.69) is 41.4 Å². The van der Waals surface area contributed by atoms with Crippen LogP contribution >= 0.6 is 0 Å². The summed E-state index contributed by atoms with van der Waals surface area (Å²) in [6, 6.07) is 0.430. The van der Waals surface area contributed by atoms with Crippen molar-refractivity contribution in [2.45, 2.75) is 39.3 Å². The quantitative estimate of drug-likeness (QED) is 0.811. The van der Waals surface area contributed by atoms with Crippen LogP contribution in [0.15, 0.2) is 0 Å². The summed E-state index contributed by atoms with van der Waals surface area (Å²) in [5.41, 5.74) is 2.23. The Morgan fingerprint density at radius 3 is 2.71 bits per heavy atom. The van der Waals surface area contributed by atoms with E-state index in [4.69, 9.17) is 4.74 Å². The first-order valence-electron chi connectivity index (χ1n) is 5.92. The van der Waals surface area contributed by atoms with Crippen molar-refractivity contribution in [3.63, 3.8) is 0 Å². The largest absolute Gasteiger partial charge is 0.467 e. The van der Waals surface area contributed by atoms with Crippen LogP contribution in [0.25, 0.3) is 0 Å². The highest BCUT2D eigenvalue weighted by molar-refractivity contribution is 5.50. The minimum Gasteiger partial charge on any atom is -0.467 e. The molecule has 1 aliphatic rings. The van der Waals surface area contributed by atoms with E-state index in [1.54, 1.807) is 7.11 Å². The summed E-state index contributed by atoms with van der Waals surface area (Å²) in [5.74, 6) is 0.904. The Morgan fingerprint density at radius 1 is 1.29 bits per heavy atom. The SMILES string of the molecule is COc1nc2c(c(NC(C)(C)C)n1)CCNC2. The molecule has 5 nitrogen and oxygen atoms in total. The first kappa shape index (κ1) is 12.1. The van der Waals surface area contributed by atoms with Crippen molar-refractivity contribution in [3.05, 3.63) is 11.3 Å². The Kier molecular flexibility index (Phi) is 3.19. The van der Waals surface area contributed by atoms with Gasteiger partial charge < -0.3 is 15.4 Å². The molecular formula is C12H20N4O. The second-order valence-corrected chi connectivity index (χ2v) is 5.29. The molecule has 0 aliphatic carbocycles. The van der Waals surface area contributed by atoms with E-state index in [0.29, 0.717) is 6.01 Å². The molecule has 1 aromatic rings. The van der Waals surface area contributed by atoms with E-state index in [1.165, 1.54) is 5.56 Å². The Balaban J connectivity index is 2.41. The predicted octanol–water partition coefficient (Wildman–Crippen LogP) is 1.34. The van der Waals surface area contributed by atoms with Gasteiger partial charge in [0.1, 0.15) is 5.82 Å². The summed E-state index contributed by atoms with van der Waals surface area (Å²) >= 11 is 0. The molecule has 0 saturated carbocycles. The van der Waals surface area contributed by atoms with Crippen LogP contribution in [-0.4, -0.2) is 29.2 Å². The second-order valence-electron chi connectivity index (χ2n) is 5.29. The van der Waals surface area contributed by atoms with Gasteiger partial charge in [0, 0.05) is 17.6 Å². The predicted molar refractivity (Wildman–Crippen MR) is 67.4 cm³/mol. The van der Waals surface area contributed by atoms with Crippen molar-refractivity contribution >= 4 is 5.82 Å². The van der Waals surface area contributed by atoms with Gasteiger partial charge in [0.2, 0.25) is 0 Å². The number of hydrogen-bond acceptors (Lipinski definition) is 5. The lowest BCUT2D eigenvalue weighted by molar-refractivity contribution is 0.376. The maximum Gasteiger partial charge on any atom is 0.318 e. The van der Waals surface area contributed by atoms with E-state index in [1.807, 2.05) is 0 Å². The van der Waals surface area contributed by atoms with Crippen LogP contribution in [0.4, 0.5) is 5.82 Å². The van der Waals surface area contributed by atoms with Gasteiger partial charge in [0.05, 0.1) is 12.8 Å². The van der Waals surface area contributed by atoms with Crippen molar-refractivity contribution in [2.24, 2.45) is 0 Å². The van der Waals surface area contributed by atoms with Crippen LogP contribution in [0.5, 0.6) is 6.01 Å². The van der Waals surface area contributed by atoms with Crippen LogP contribution in [0, 0.1) is 0 Å². The van der Waals surface area contributed by atoms with Gasteiger partial charge in [-0.2, -0.15) is 9.97 Å². The molecule has 0 spiro atoms. The fraction of sp³-hybridized carbons (Fsp3) is 0.667. The van der Waals surface area contributed by atoms with Gasteiger partial charge in [-0.15, -0.1) is 0 Å². The molecular weight excluding hydrogens is 216 g/mol. The van der Waals surface area contributed by atoms with Gasteiger partial charge in [-0.3, -0.25) is 0 Å². The molecule has 1 aromatic heterocycles. The molecule has 0 atom stereocenters. The normalized spacial score (nSPS) is 15.3. The number of fused-ring (bicyclic) bond motifs is 1. The highest BCUT2D eigenvalue weighted by Crippen LogP contribution is 2.25. The topological polar surface area (TPSA) is 59.1 Å². The van der Waals surface area contributed by atoms with Gasteiger partial charge in [-0.1, -0.05) is 0 Å². The second kappa shape index (κ2) is 4.49. The number of hydrogen-bond donors (Lipinski definition) is 2. The van der Waals surface area contributed by atoms with E-state index in [0.717, 1.165) is 31.0 Å². The average Bonchev–Trinajstić information content (AvgIpc) is 2.26. The zero-order valence-corrected chi connectivity index (χ0v) is 10.9. The smallest absolute Gasteiger partial charge is 0.318 e. The standard InChI is InChI=1S/C12H20N4O/c1-12(2,3)16-10-8-5-6-13-7-9(8)14-11(15-10)17-4/h13H,5-7H2,1-4H3,(H,14,15,16). The lowest BCUT2D eigenvalue weighted by Gasteiger charge is -2.26.